The van der Waals surface area contributed by atoms with Gasteiger partial charge in [0.2, 0.25) is 0 Å². The molecule has 11 heavy (non-hydrogen) atoms. The predicted molar refractivity (Wildman–Crippen MR) is 40.4 cm³/mol. The first-order valence-electron chi connectivity index (χ1n) is 2.72. The molecule has 3 nitrogen and oxygen atoms in total. The number of carbonyl (C=O) groups excluding carboxylic acids is 1. The predicted octanol–water partition coefficient (Wildman–Crippen LogP) is 1.08. The lowest BCUT2D eigenvalue weighted by Crippen LogP contribution is -2.13. The quantitative estimate of drug-likeness (QED) is 0.718. The van der Waals surface area contributed by atoms with E-state index in [1.807, 2.05) is 0 Å². The first-order chi connectivity index (χ1) is 5.13. The van der Waals surface area contributed by atoms with Gasteiger partial charge in [0.25, 0.3) is 5.91 Å². The summed E-state index contributed by atoms with van der Waals surface area (Å²) in [6.45, 7) is 0. The van der Waals surface area contributed by atoms with E-state index in [0.29, 0.717) is 0 Å². The molecular formula is C6H4BrFN2O. The number of pyridine rings is 1. The zero-order valence-electron chi connectivity index (χ0n) is 5.34. The van der Waals surface area contributed by atoms with Gasteiger partial charge in [0, 0.05) is 6.20 Å². The summed E-state index contributed by atoms with van der Waals surface area (Å²) in [6, 6.07) is 1.22. The van der Waals surface area contributed by atoms with Gasteiger partial charge in [0.05, 0.1) is 5.56 Å². The Hall–Kier alpha value is -0.970. The van der Waals surface area contributed by atoms with Crippen LogP contribution < -0.4 is 5.73 Å². The third-order valence-corrected chi connectivity index (χ3v) is 1.66. The van der Waals surface area contributed by atoms with Crippen molar-refractivity contribution in [3.8, 4) is 0 Å². The van der Waals surface area contributed by atoms with Crippen molar-refractivity contribution >= 4 is 21.8 Å². The van der Waals surface area contributed by atoms with E-state index in [-0.39, 0.29) is 10.2 Å². The average molecular weight is 219 g/mol. The SMILES string of the molecule is NC(=O)c1ccnc(Br)c1F. The summed E-state index contributed by atoms with van der Waals surface area (Å²) in [5.41, 5.74) is 4.70. The maximum atomic E-state index is 12.8. The van der Waals surface area contributed by atoms with Crippen molar-refractivity contribution in [1.29, 1.82) is 0 Å². The first kappa shape index (κ1) is 8.13. The van der Waals surface area contributed by atoms with Crippen molar-refractivity contribution in [2.24, 2.45) is 5.73 Å². The maximum Gasteiger partial charge on any atom is 0.251 e. The number of amides is 1. The number of rotatable bonds is 1. The van der Waals surface area contributed by atoms with Crippen LogP contribution in [0.2, 0.25) is 0 Å². The zero-order chi connectivity index (χ0) is 8.43. The molecule has 0 saturated carbocycles. The van der Waals surface area contributed by atoms with Gasteiger partial charge in [-0.15, -0.1) is 0 Å². The summed E-state index contributed by atoms with van der Waals surface area (Å²) in [7, 11) is 0. The van der Waals surface area contributed by atoms with Gasteiger partial charge < -0.3 is 5.73 Å². The van der Waals surface area contributed by atoms with E-state index in [0.717, 1.165) is 0 Å². The standard InChI is InChI=1S/C6H4BrFN2O/c7-5-4(8)3(6(9)11)1-2-10-5/h1-2H,(H2,9,11). The Balaban J connectivity index is 3.27. The molecule has 2 N–H and O–H groups in total. The molecule has 0 radical (unpaired) electrons. The van der Waals surface area contributed by atoms with Crippen LogP contribution in [0, 0.1) is 5.82 Å². The summed E-state index contributed by atoms with van der Waals surface area (Å²) in [6.07, 6.45) is 1.30. The fourth-order valence-corrected chi connectivity index (χ4v) is 0.940. The molecule has 0 unspecified atom stereocenters. The van der Waals surface area contributed by atoms with Crippen LogP contribution >= 0.6 is 15.9 Å². The van der Waals surface area contributed by atoms with Crippen molar-refractivity contribution < 1.29 is 9.18 Å². The molecule has 1 heterocycles. The van der Waals surface area contributed by atoms with Crippen LogP contribution in [0.4, 0.5) is 4.39 Å². The molecule has 0 atom stereocenters. The van der Waals surface area contributed by atoms with Crippen molar-refractivity contribution in [3.05, 3.63) is 28.2 Å². The molecule has 0 aromatic carbocycles. The second kappa shape index (κ2) is 2.96. The van der Waals surface area contributed by atoms with Crippen molar-refractivity contribution in [3.63, 3.8) is 0 Å². The average Bonchev–Trinajstić information content (AvgIpc) is 1.94. The largest absolute Gasteiger partial charge is 0.366 e. The van der Waals surface area contributed by atoms with E-state index in [9.17, 15) is 9.18 Å². The second-order valence-electron chi connectivity index (χ2n) is 1.83. The van der Waals surface area contributed by atoms with E-state index in [4.69, 9.17) is 5.73 Å². The minimum absolute atomic E-state index is 0.00574. The summed E-state index contributed by atoms with van der Waals surface area (Å²) in [5.74, 6) is -1.52. The minimum atomic E-state index is -0.800. The fourth-order valence-electron chi connectivity index (χ4n) is 0.609. The van der Waals surface area contributed by atoms with Crippen LogP contribution in [0.1, 0.15) is 10.4 Å². The Kier molecular flexibility index (Phi) is 2.19. The monoisotopic (exact) mass is 218 g/mol. The molecule has 1 rings (SSSR count). The number of aromatic nitrogens is 1. The number of primary amides is 1. The van der Waals surface area contributed by atoms with E-state index in [1.165, 1.54) is 12.3 Å². The molecule has 0 aliphatic heterocycles. The summed E-state index contributed by atoms with van der Waals surface area (Å²) >= 11 is 2.82. The molecule has 5 heteroatoms. The summed E-state index contributed by atoms with van der Waals surface area (Å²) in [4.78, 5) is 14.1. The molecule has 1 aromatic rings. The van der Waals surface area contributed by atoms with E-state index < -0.39 is 11.7 Å². The number of carbonyl (C=O) groups is 1. The highest BCUT2D eigenvalue weighted by Crippen LogP contribution is 2.14. The van der Waals surface area contributed by atoms with Crippen LogP contribution in [-0.2, 0) is 0 Å². The Morgan fingerprint density at radius 3 is 2.82 bits per heavy atom. The Labute approximate surface area is 70.6 Å². The van der Waals surface area contributed by atoms with Gasteiger partial charge in [-0.1, -0.05) is 0 Å². The highest BCUT2D eigenvalue weighted by molar-refractivity contribution is 9.10. The molecule has 0 aliphatic carbocycles. The Bertz CT molecular complexity index is 303. The van der Waals surface area contributed by atoms with Gasteiger partial charge in [0.15, 0.2) is 5.82 Å². The maximum absolute atomic E-state index is 12.8. The summed E-state index contributed by atoms with van der Waals surface area (Å²) in [5, 5.41) is 0. The van der Waals surface area contributed by atoms with Crippen LogP contribution in [0.3, 0.4) is 0 Å². The lowest BCUT2D eigenvalue weighted by atomic mass is 10.2. The number of halogens is 2. The molecular weight excluding hydrogens is 215 g/mol. The van der Waals surface area contributed by atoms with Crippen molar-refractivity contribution in [2.45, 2.75) is 0 Å². The van der Waals surface area contributed by atoms with Crippen LogP contribution in [0.5, 0.6) is 0 Å². The van der Waals surface area contributed by atoms with Gasteiger partial charge in [-0.25, -0.2) is 9.37 Å². The number of hydrogen-bond acceptors (Lipinski definition) is 2. The van der Waals surface area contributed by atoms with E-state index in [2.05, 4.69) is 20.9 Å². The Morgan fingerprint density at radius 1 is 1.73 bits per heavy atom. The smallest absolute Gasteiger partial charge is 0.251 e. The van der Waals surface area contributed by atoms with Gasteiger partial charge in [-0.3, -0.25) is 4.79 Å². The molecule has 0 saturated heterocycles. The second-order valence-corrected chi connectivity index (χ2v) is 2.58. The third kappa shape index (κ3) is 1.54. The van der Waals surface area contributed by atoms with Gasteiger partial charge in [0.1, 0.15) is 4.60 Å². The molecule has 0 spiro atoms. The highest BCUT2D eigenvalue weighted by atomic mass is 79.9. The molecule has 1 aromatic heterocycles. The Morgan fingerprint density at radius 2 is 2.36 bits per heavy atom. The fraction of sp³-hybridized carbons (Fsp3) is 0. The lowest BCUT2D eigenvalue weighted by molar-refractivity contribution is 0.0996. The molecule has 1 amide bonds. The minimum Gasteiger partial charge on any atom is -0.366 e. The van der Waals surface area contributed by atoms with Crippen LogP contribution in [-0.4, -0.2) is 10.9 Å². The van der Waals surface area contributed by atoms with Crippen molar-refractivity contribution in [2.75, 3.05) is 0 Å². The molecule has 0 aliphatic rings. The molecule has 58 valence electrons. The van der Waals surface area contributed by atoms with Gasteiger partial charge in [-0.2, -0.15) is 0 Å². The lowest BCUT2D eigenvalue weighted by Gasteiger charge is -1.97. The van der Waals surface area contributed by atoms with Crippen molar-refractivity contribution in [1.82, 2.24) is 4.98 Å². The number of nitrogens with zero attached hydrogens (tertiary/aromatic N) is 1. The highest BCUT2D eigenvalue weighted by Gasteiger charge is 2.10. The molecule has 0 fully saturated rings. The van der Waals surface area contributed by atoms with Crippen LogP contribution in [0.25, 0.3) is 0 Å². The first-order valence-corrected chi connectivity index (χ1v) is 3.52. The van der Waals surface area contributed by atoms with E-state index >= 15 is 0 Å². The molecule has 0 bridgehead atoms. The summed E-state index contributed by atoms with van der Waals surface area (Å²) < 4.78 is 12.8. The van der Waals surface area contributed by atoms with Gasteiger partial charge in [-0.05, 0) is 22.0 Å². The van der Waals surface area contributed by atoms with E-state index in [1.54, 1.807) is 0 Å². The normalized spacial score (nSPS) is 9.64. The topological polar surface area (TPSA) is 56.0 Å². The third-order valence-electron chi connectivity index (χ3n) is 1.11. The van der Waals surface area contributed by atoms with Crippen LogP contribution in [0.15, 0.2) is 16.9 Å². The zero-order valence-corrected chi connectivity index (χ0v) is 6.93. The number of nitrogens with two attached hydrogens (primary N) is 1. The van der Waals surface area contributed by atoms with Gasteiger partial charge >= 0.3 is 0 Å². The number of hydrogen-bond donors (Lipinski definition) is 1.